The second-order valence-corrected chi connectivity index (χ2v) is 6.60. The quantitative estimate of drug-likeness (QED) is 0.910. The molecule has 3 rings (SSSR count). The van der Waals surface area contributed by atoms with E-state index in [1.807, 2.05) is 43.5 Å². The van der Waals surface area contributed by atoms with Crippen LogP contribution in [0.1, 0.15) is 24.1 Å². The highest BCUT2D eigenvalue weighted by molar-refractivity contribution is 5.41. The van der Waals surface area contributed by atoms with Crippen LogP contribution in [0.2, 0.25) is 0 Å². The summed E-state index contributed by atoms with van der Waals surface area (Å²) in [6, 6.07) is 6.55. The second-order valence-electron chi connectivity index (χ2n) is 6.60. The van der Waals surface area contributed by atoms with Gasteiger partial charge in [-0.2, -0.15) is 4.98 Å². The fourth-order valence-electron chi connectivity index (χ4n) is 3.10. The Morgan fingerprint density at radius 2 is 2.12 bits per heavy atom. The molecular weight excluding hydrogens is 300 g/mol. The van der Waals surface area contributed by atoms with E-state index in [1.54, 1.807) is 0 Å². The average molecular weight is 326 g/mol. The Kier molecular flexibility index (Phi) is 5.25. The lowest BCUT2D eigenvalue weighted by atomic mass is 10.0. The highest BCUT2D eigenvalue weighted by atomic mass is 15.2. The molecule has 1 fully saturated rings. The number of likely N-dealkylation sites (tertiary alicyclic amines) is 1. The SMILES string of the molecule is Cc1ncccc1CN1CCCC(Nc2ccnc(N(C)C)n2)C1. The fraction of sp³-hybridized carbons (Fsp3) is 0.500. The van der Waals surface area contributed by atoms with E-state index in [2.05, 4.69) is 38.2 Å². The van der Waals surface area contributed by atoms with E-state index in [9.17, 15) is 0 Å². The molecule has 2 aromatic rings. The van der Waals surface area contributed by atoms with Gasteiger partial charge in [0.1, 0.15) is 5.82 Å². The Morgan fingerprint density at radius 1 is 1.25 bits per heavy atom. The molecule has 1 atom stereocenters. The largest absolute Gasteiger partial charge is 0.366 e. The summed E-state index contributed by atoms with van der Waals surface area (Å²) in [5.41, 5.74) is 2.44. The molecule has 1 saturated heterocycles. The van der Waals surface area contributed by atoms with Gasteiger partial charge in [-0.25, -0.2) is 4.98 Å². The number of piperidine rings is 1. The van der Waals surface area contributed by atoms with Crippen molar-refractivity contribution in [1.82, 2.24) is 19.9 Å². The number of hydrogen-bond donors (Lipinski definition) is 1. The van der Waals surface area contributed by atoms with Crippen LogP contribution in [0, 0.1) is 6.92 Å². The van der Waals surface area contributed by atoms with Gasteiger partial charge in [-0.15, -0.1) is 0 Å². The Bertz CT molecular complexity index is 672. The lowest BCUT2D eigenvalue weighted by molar-refractivity contribution is 0.208. The summed E-state index contributed by atoms with van der Waals surface area (Å²) in [6.07, 6.45) is 6.04. The van der Waals surface area contributed by atoms with Gasteiger partial charge in [0.05, 0.1) is 0 Å². The van der Waals surface area contributed by atoms with Crippen molar-refractivity contribution in [1.29, 1.82) is 0 Å². The van der Waals surface area contributed by atoms with Gasteiger partial charge in [-0.3, -0.25) is 9.88 Å². The number of anilines is 2. The van der Waals surface area contributed by atoms with Crippen LogP contribution in [0.4, 0.5) is 11.8 Å². The summed E-state index contributed by atoms with van der Waals surface area (Å²) in [7, 11) is 3.91. The molecule has 6 heteroatoms. The fourth-order valence-corrected chi connectivity index (χ4v) is 3.10. The van der Waals surface area contributed by atoms with Crippen LogP contribution in [-0.4, -0.2) is 53.1 Å². The van der Waals surface area contributed by atoms with E-state index in [4.69, 9.17) is 0 Å². The maximum Gasteiger partial charge on any atom is 0.226 e. The van der Waals surface area contributed by atoms with Crippen LogP contribution in [0.15, 0.2) is 30.6 Å². The molecule has 2 aromatic heterocycles. The van der Waals surface area contributed by atoms with Crippen molar-refractivity contribution in [2.45, 2.75) is 32.4 Å². The van der Waals surface area contributed by atoms with Crippen LogP contribution in [-0.2, 0) is 6.54 Å². The number of nitrogens with zero attached hydrogens (tertiary/aromatic N) is 5. The molecule has 1 unspecified atom stereocenters. The van der Waals surface area contributed by atoms with Gasteiger partial charge in [0.25, 0.3) is 0 Å². The third kappa shape index (κ3) is 4.20. The van der Waals surface area contributed by atoms with Gasteiger partial charge in [0.15, 0.2) is 0 Å². The van der Waals surface area contributed by atoms with Crippen LogP contribution in [0.3, 0.4) is 0 Å². The molecule has 1 aliphatic heterocycles. The number of rotatable bonds is 5. The predicted molar refractivity (Wildman–Crippen MR) is 97.3 cm³/mol. The molecule has 24 heavy (non-hydrogen) atoms. The monoisotopic (exact) mass is 326 g/mol. The number of nitrogens with one attached hydrogen (secondary N) is 1. The maximum atomic E-state index is 4.56. The van der Waals surface area contributed by atoms with Crippen molar-refractivity contribution in [3.8, 4) is 0 Å². The molecule has 6 nitrogen and oxygen atoms in total. The molecule has 1 N–H and O–H groups in total. The van der Waals surface area contributed by atoms with Crippen molar-refractivity contribution in [3.63, 3.8) is 0 Å². The third-order valence-corrected chi connectivity index (χ3v) is 4.41. The summed E-state index contributed by atoms with van der Waals surface area (Å²) in [6.45, 7) is 5.21. The van der Waals surface area contributed by atoms with E-state index >= 15 is 0 Å². The molecule has 0 radical (unpaired) electrons. The van der Waals surface area contributed by atoms with Gasteiger partial charge in [-0.1, -0.05) is 6.07 Å². The summed E-state index contributed by atoms with van der Waals surface area (Å²) in [5.74, 6) is 1.64. The van der Waals surface area contributed by atoms with Crippen LogP contribution in [0.5, 0.6) is 0 Å². The highest BCUT2D eigenvalue weighted by Crippen LogP contribution is 2.18. The minimum Gasteiger partial charge on any atom is -0.366 e. The molecule has 0 aliphatic carbocycles. The Hall–Kier alpha value is -2.21. The predicted octanol–water partition coefficient (Wildman–Crippen LogP) is 2.32. The smallest absolute Gasteiger partial charge is 0.226 e. The lowest BCUT2D eigenvalue weighted by Gasteiger charge is -2.33. The minimum absolute atomic E-state index is 0.417. The van der Waals surface area contributed by atoms with Gasteiger partial charge < -0.3 is 10.2 Å². The normalized spacial score (nSPS) is 18.4. The summed E-state index contributed by atoms with van der Waals surface area (Å²) < 4.78 is 0. The molecule has 3 heterocycles. The van der Waals surface area contributed by atoms with E-state index < -0.39 is 0 Å². The van der Waals surface area contributed by atoms with Crippen molar-refractivity contribution in [2.75, 3.05) is 37.4 Å². The first-order chi connectivity index (χ1) is 11.6. The molecule has 0 saturated carbocycles. The third-order valence-electron chi connectivity index (χ3n) is 4.41. The summed E-state index contributed by atoms with van der Waals surface area (Å²) >= 11 is 0. The number of hydrogen-bond acceptors (Lipinski definition) is 6. The maximum absolute atomic E-state index is 4.56. The van der Waals surface area contributed by atoms with E-state index in [1.165, 1.54) is 18.4 Å². The Morgan fingerprint density at radius 3 is 2.92 bits per heavy atom. The number of aromatic nitrogens is 3. The average Bonchev–Trinajstić information content (AvgIpc) is 2.57. The van der Waals surface area contributed by atoms with Crippen molar-refractivity contribution in [2.24, 2.45) is 0 Å². The first-order valence-electron chi connectivity index (χ1n) is 8.51. The van der Waals surface area contributed by atoms with Crippen molar-refractivity contribution in [3.05, 3.63) is 41.9 Å². The first kappa shape index (κ1) is 16.6. The standard InChI is InChI=1S/C18H26N6/c1-14-15(6-4-9-19-14)12-24-11-5-7-16(13-24)21-17-8-10-20-18(22-17)23(2)3/h4,6,8-10,16H,5,7,11-13H2,1-3H3,(H,20,21,22). The molecule has 0 aromatic carbocycles. The minimum atomic E-state index is 0.417. The topological polar surface area (TPSA) is 57.2 Å². The zero-order chi connectivity index (χ0) is 16.9. The van der Waals surface area contributed by atoms with Gasteiger partial charge in [0.2, 0.25) is 5.95 Å². The Labute approximate surface area is 143 Å². The summed E-state index contributed by atoms with van der Waals surface area (Å²) in [5, 5.41) is 3.57. The molecule has 0 bridgehead atoms. The number of aryl methyl sites for hydroxylation is 1. The molecule has 0 amide bonds. The van der Waals surface area contributed by atoms with Crippen molar-refractivity contribution >= 4 is 11.8 Å². The second kappa shape index (κ2) is 7.57. The first-order valence-corrected chi connectivity index (χ1v) is 8.51. The molecular formula is C18H26N6. The highest BCUT2D eigenvalue weighted by Gasteiger charge is 2.20. The van der Waals surface area contributed by atoms with E-state index in [-0.39, 0.29) is 0 Å². The van der Waals surface area contributed by atoms with E-state index in [0.717, 1.165) is 37.1 Å². The number of pyridine rings is 1. The van der Waals surface area contributed by atoms with Gasteiger partial charge in [0, 0.05) is 51.3 Å². The zero-order valence-electron chi connectivity index (χ0n) is 14.7. The van der Waals surface area contributed by atoms with Crippen LogP contribution in [0.25, 0.3) is 0 Å². The van der Waals surface area contributed by atoms with Crippen molar-refractivity contribution < 1.29 is 0 Å². The van der Waals surface area contributed by atoms with Gasteiger partial charge in [-0.05, 0) is 44.0 Å². The molecule has 0 spiro atoms. The molecule has 1 aliphatic rings. The zero-order valence-corrected chi connectivity index (χ0v) is 14.7. The van der Waals surface area contributed by atoms with Gasteiger partial charge >= 0.3 is 0 Å². The Balaban J connectivity index is 1.61. The summed E-state index contributed by atoms with van der Waals surface area (Å²) in [4.78, 5) is 17.6. The lowest BCUT2D eigenvalue weighted by Crippen LogP contribution is -2.41. The van der Waals surface area contributed by atoms with E-state index in [0.29, 0.717) is 6.04 Å². The molecule has 128 valence electrons. The van der Waals surface area contributed by atoms with Crippen LogP contribution >= 0.6 is 0 Å². The van der Waals surface area contributed by atoms with Crippen LogP contribution < -0.4 is 10.2 Å².